The van der Waals surface area contributed by atoms with Crippen LogP contribution in [0.3, 0.4) is 0 Å². The quantitative estimate of drug-likeness (QED) is 0.613. The molecule has 0 saturated carbocycles. The fourth-order valence-electron chi connectivity index (χ4n) is 1.84. The Bertz CT molecular complexity index is 453. The van der Waals surface area contributed by atoms with Gasteiger partial charge in [0.05, 0.1) is 31.0 Å². The number of ether oxygens (including phenoxy) is 1. The Morgan fingerprint density at radius 1 is 1.63 bits per heavy atom. The topological polar surface area (TPSA) is 111 Å². The first-order valence-corrected chi connectivity index (χ1v) is 6.06. The lowest BCUT2D eigenvalue weighted by Gasteiger charge is -2.22. The summed E-state index contributed by atoms with van der Waals surface area (Å²) in [5.74, 6) is -0.630. The van der Waals surface area contributed by atoms with Crippen molar-refractivity contribution in [3.63, 3.8) is 0 Å². The van der Waals surface area contributed by atoms with E-state index in [9.17, 15) is 9.59 Å². The minimum atomic E-state index is -0.484. The summed E-state index contributed by atoms with van der Waals surface area (Å²) in [6, 6.07) is 0. The largest absolute Gasteiger partial charge is 0.375 e. The third-order valence-electron chi connectivity index (χ3n) is 2.65. The van der Waals surface area contributed by atoms with Gasteiger partial charge in [0.2, 0.25) is 11.8 Å². The van der Waals surface area contributed by atoms with Crippen LogP contribution in [0.15, 0.2) is 12.4 Å². The lowest BCUT2D eigenvalue weighted by Crippen LogP contribution is -2.40. The number of primary amides is 1. The minimum absolute atomic E-state index is 0.00841. The number of rotatable bonds is 5. The van der Waals surface area contributed by atoms with E-state index in [1.165, 1.54) is 10.9 Å². The summed E-state index contributed by atoms with van der Waals surface area (Å²) < 4.78 is 6.81. The number of nitrogens with two attached hydrogens (primary N) is 1. The Labute approximate surface area is 110 Å². The molecule has 1 atom stereocenters. The Kier molecular flexibility index (Phi) is 4.48. The first kappa shape index (κ1) is 13.5. The number of morpholine rings is 1. The van der Waals surface area contributed by atoms with Crippen LogP contribution in [0.25, 0.3) is 0 Å². The molecule has 1 saturated heterocycles. The van der Waals surface area contributed by atoms with Crippen LogP contribution < -0.4 is 16.4 Å². The summed E-state index contributed by atoms with van der Waals surface area (Å²) in [5, 5.41) is 9.77. The van der Waals surface area contributed by atoms with Crippen molar-refractivity contribution in [3.05, 3.63) is 12.4 Å². The second-order valence-corrected chi connectivity index (χ2v) is 4.34. The fourth-order valence-corrected chi connectivity index (χ4v) is 1.84. The lowest BCUT2D eigenvalue weighted by atomic mass is 10.2. The maximum Gasteiger partial charge on any atom is 0.239 e. The van der Waals surface area contributed by atoms with E-state index in [1.54, 1.807) is 6.20 Å². The van der Waals surface area contributed by atoms with E-state index < -0.39 is 5.91 Å². The monoisotopic (exact) mass is 267 g/mol. The zero-order chi connectivity index (χ0) is 13.7. The van der Waals surface area contributed by atoms with E-state index in [0.717, 1.165) is 6.54 Å². The van der Waals surface area contributed by atoms with Crippen LogP contribution in [-0.2, 0) is 20.9 Å². The van der Waals surface area contributed by atoms with Gasteiger partial charge in [-0.05, 0) is 0 Å². The predicted octanol–water partition coefficient (Wildman–Crippen LogP) is -1.31. The molecule has 104 valence electrons. The van der Waals surface area contributed by atoms with E-state index in [0.29, 0.717) is 18.8 Å². The predicted molar refractivity (Wildman–Crippen MR) is 67.3 cm³/mol. The number of aromatic nitrogens is 2. The molecule has 1 aromatic rings. The highest BCUT2D eigenvalue weighted by Crippen LogP contribution is 2.08. The van der Waals surface area contributed by atoms with Crippen LogP contribution in [0.4, 0.5) is 5.69 Å². The Hall–Kier alpha value is -1.93. The highest BCUT2D eigenvalue weighted by molar-refractivity contribution is 5.90. The molecule has 0 spiro atoms. The molecule has 2 amide bonds. The summed E-state index contributed by atoms with van der Waals surface area (Å²) in [6.07, 6.45) is 3.21. The third kappa shape index (κ3) is 4.34. The molecule has 2 heterocycles. The molecule has 1 aliphatic heterocycles. The molecule has 8 heteroatoms. The van der Waals surface area contributed by atoms with Crippen molar-refractivity contribution < 1.29 is 14.3 Å². The van der Waals surface area contributed by atoms with Gasteiger partial charge in [-0.1, -0.05) is 0 Å². The summed E-state index contributed by atoms with van der Waals surface area (Å²) in [4.78, 5) is 22.5. The molecule has 0 bridgehead atoms. The van der Waals surface area contributed by atoms with E-state index in [1.807, 2.05) is 0 Å². The number of anilines is 1. The van der Waals surface area contributed by atoms with E-state index in [4.69, 9.17) is 10.5 Å². The van der Waals surface area contributed by atoms with E-state index in [2.05, 4.69) is 15.7 Å². The van der Waals surface area contributed by atoms with Gasteiger partial charge in [-0.2, -0.15) is 5.10 Å². The third-order valence-corrected chi connectivity index (χ3v) is 2.65. The number of carbonyl (C=O) groups excluding carboxylic acids is 2. The molecule has 2 rings (SSSR count). The van der Waals surface area contributed by atoms with Gasteiger partial charge >= 0.3 is 0 Å². The maximum atomic E-state index is 11.8. The van der Waals surface area contributed by atoms with E-state index in [-0.39, 0.29) is 25.0 Å². The molecule has 0 aliphatic carbocycles. The molecular formula is C11H17N5O3. The van der Waals surface area contributed by atoms with Crippen LogP contribution in [-0.4, -0.2) is 47.4 Å². The Balaban J connectivity index is 1.81. The highest BCUT2D eigenvalue weighted by Gasteiger charge is 2.17. The van der Waals surface area contributed by atoms with Crippen LogP contribution in [0.2, 0.25) is 0 Å². The lowest BCUT2D eigenvalue weighted by molar-refractivity contribution is -0.120. The van der Waals surface area contributed by atoms with Crippen LogP contribution in [0.1, 0.15) is 6.42 Å². The van der Waals surface area contributed by atoms with Crippen molar-refractivity contribution in [2.75, 3.05) is 25.0 Å². The van der Waals surface area contributed by atoms with Crippen molar-refractivity contribution >= 4 is 17.5 Å². The van der Waals surface area contributed by atoms with Crippen molar-refractivity contribution in [1.82, 2.24) is 15.1 Å². The van der Waals surface area contributed by atoms with Gasteiger partial charge in [0.25, 0.3) is 0 Å². The van der Waals surface area contributed by atoms with Gasteiger partial charge in [-0.15, -0.1) is 0 Å². The summed E-state index contributed by atoms with van der Waals surface area (Å²) in [7, 11) is 0. The zero-order valence-corrected chi connectivity index (χ0v) is 10.5. The van der Waals surface area contributed by atoms with Gasteiger partial charge in [0.15, 0.2) is 0 Å². The van der Waals surface area contributed by atoms with E-state index >= 15 is 0 Å². The van der Waals surface area contributed by atoms with Gasteiger partial charge in [0.1, 0.15) is 6.54 Å². The number of hydrogen-bond donors (Lipinski definition) is 3. The molecule has 4 N–H and O–H groups in total. The normalized spacial score (nSPS) is 19.1. The van der Waals surface area contributed by atoms with Crippen LogP contribution in [0.5, 0.6) is 0 Å². The summed E-state index contributed by atoms with van der Waals surface area (Å²) in [6.45, 7) is 2.10. The van der Waals surface area contributed by atoms with Gasteiger partial charge < -0.3 is 21.1 Å². The number of hydrogen-bond acceptors (Lipinski definition) is 5. The zero-order valence-electron chi connectivity index (χ0n) is 10.5. The minimum Gasteiger partial charge on any atom is -0.375 e. The fraction of sp³-hybridized carbons (Fsp3) is 0.545. The van der Waals surface area contributed by atoms with Crippen LogP contribution >= 0.6 is 0 Å². The molecule has 1 unspecified atom stereocenters. The average molecular weight is 267 g/mol. The molecule has 19 heavy (non-hydrogen) atoms. The van der Waals surface area contributed by atoms with Crippen molar-refractivity contribution in [2.45, 2.75) is 19.1 Å². The molecule has 1 aliphatic rings. The smallest absolute Gasteiger partial charge is 0.239 e. The second-order valence-electron chi connectivity index (χ2n) is 4.34. The first-order chi connectivity index (χ1) is 9.13. The molecule has 0 radical (unpaired) electrons. The molecule has 8 nitrogen and oxygen atoms in total. The van der Waals surface area contributed by atoms with Crippen LogP contribution in [0, 0.1) is 0 Å². The number of amides is 2. The number of nitrogens with one attached hydrogen (secondary N) is 2. The SMILES string of the molecule is NC(=O)Cn1cc(NC(=O)CC2CNCCO2)cn1. The molecular weight excluding hydrogens is 250 g/mol. The van der Waals surface area contributed by atoms with Crippen molar-refractivity contribution in [2.24, 2.45) is 5.73 Å². The summed E-state index contributed by atoms with van der Waals surface area (Å²) >= 11 is 0. The summed E-state index contributed by atoms with van der Waals surface area (Å²) in [5.41, 5.74) is 5.59. The Morgan fingerprint density at radius 3 is 3.16 bits per heavy atom. The Morgan fingerprint density at radius 2 is 2.47 bits per heavy atom. The standard InChI is InChI=1S/C11H17N5O3/c12-10(17)7-16-6-8(4-14-16)15-11(18)3-9-5-13-1-2-19-9/h4,6,9,13H,1-3,5,7H2,(H2,12,17)(H,15,18). The first-order valence-electron chi connectivity index (χ1n) is 6.06. The van der Waals surface area contributed by atoms with Crippen molar-refractivity contribution in [3.8, 4) is 0 Å². The molecule has 1 fully saturated rings. The maximum absolute atomic E-state index is 11.8. The number of nitrogens with zero attached hydrogens (tertiary/aromatic N) is 2. The van der Waals surface area contributed by atoms with Gasteiger partial charge in [-0.25, -0.2) is 0 Å². The highest BCUT2D eigenvalue weighted by atomic mass is 16.5. The molecule has 0 aromatic carbocycles. The average Bonchev–Trinajstić information content (AvgIpc) is 2.76. The number of carbonyl (C=O) groups is 2. The van der Waals surface area contributed by atoms with Crippen molar-refractivity contribution in [1.29, 1.82) is 0 Å². The van der Waals surface area contributed by atoms with Gasteiger partial charge in [-0.3, -0.25) is 14.3 Å². The molecule has 1 aromatic heterocycles. The second kappa shape index (κ2) is 6.30. The van der Waals surface area contributed by atoms with Gasteiger partial charge in [0, 0.05) is 19.3 Å².